The fraction of sp³-hybridized carbons (Fsp3) is 0.889. The van der Waals surface area contributed by atoms with Crippen LogP contribution in [-0.4, -0.2) is 39.3 Å². The van der Waals surface area contributed by atoms with Crippen LogP contribution in [-0.2, 0) is 18.9 Å². The zero-order valence-corrected chi connectivity index (χ0v) is 8.41. The molecule has 0 bridgehead atoms. The lowest BCUT2D eigenvalue weighted by Gasteiger charge is -2.21. The molecule has 0 aromatic rings. The highest BCUT2D eigenvalue weighted by Gasteiger charge is 2.27. The average molecular weight is 189 g/mol. The van der Waals surface area contributed by atoms with Gasteiger partial charge in [0.2, 0.25) is 0 Å². The van der Waals surface area contributed by atoms with Gasteiger partial charge in [0.25, 0.3) is 0 Å². The zero-order chi connectivity index (χ0) is 9.68. The molecule has 1 atom stereocenters. The highest BCUT2D eigenvalue weighted by Crippen LogP contribution is 2.13. The molecule has 1 radical (unpaired) electrons. The molecule has 1 fully saturated rings. The van der Waals surface area contributed by atoms with Gasteiger partial charge in [0.1, 0.15) is 6.10 Å². The van der Waals surface area contributed by atoms with Crippen LogP contribution >= 0.6 is 0 Å². The van der Waals surface area contributed by atoms with Crippen molar-refractivity contribution in [2.75, 3.05) is 26.9 Å². The number of hydrogen-bond acceptors (Lipinski definition) is 4. The van der Waals surface area contributed by atoms with Crippen molar-refractivity contribution in [1.29, 1.82) is 0 Å². The minimum atomic E-state index is -0.274. The minimum Gasteiger partial charge on any atom is -0.374 e. The van der Waals surface area contributed by atoms with Crippen molar-refractivity contribution in [2.24, 2.45) is 0 Å². The molecular weight excluding hydrogens is 172 g/mol. The Kier molecular flexibility index (Phi) is 4.66. The quantitative estimate of drug-likeness (QED) is 0.645. The second kappa shape index (κ2) is 5.54. The van der Waals surface area contributed by atoms with Crippen molar-refractivity contribution in [1.82, 2.24) is 0 Å². The lowest BCUT2D eigenvalue weighted by Crippen LogP contribution is -2.33. The van der Waals surface area contributed by atoms with Crippen molar-refractivity contribution in [3.8, 4) is 0 Å². The molecule has 1 saturated heterocycles. The van der Waals surface area contributed by atoms with E-state index in [-0.39, 0.29) is 12.4 Å². The van der Waals surface area contributed by atoms with E-state index in [4.69, 9.17) is 18.9 Å². The Morgan fingerprint density at radius 1 is 1.38 bits per heavy atom. The summed E-state index contributed by atoms with van der Waals surface area (Å²) in [5.41, 5.74) is 0. The summed E-state index contributed by atoms with van der Waals surface area (Å²) in [6.07, 6.45) is 0.502. The molecule has 0 aromatic carbocycles. The molecule has 1 rings (SSSR count). The van der Waals surface area contributed by atoms with Gasteiger partial charge in [-0.05, 0) is 13.8 Å². The normalized spacial score (nSPS) is 21.2. The second-order valence-corrected chi connectivity index (χ2v) is 3.10. The Morgan fingerprint density at radius 2 is 2.00 bits per heavy atom. The average Bonchev–Trinajstić information content (AvgIpc) is 2.58. The van der Waals surface area contributed by atoms with E-state index in [2.05, 4.69) is 0 Å². The Morgan fingerprint density at radius 3 is 2.46 bits per heavy atom. The van der Waals surface area contributed by atoms with Gasteiger partial charge < -0.3 is 18.9 Å². The van der Waals surface area contributed by atoms with E-state index in [1.165, 1.54) is 0 Å². The molecule has 0 amide bonds. The van der Waals surface area contributed by atoms with Gasteiger partial charge in [0.05, 0.1) is 25.9 Å². The minimum absolute atomic E-state index is 0.141. The highest BCUT2D eigenvalue weighted by molar-refractivity contribution is 4.69. The maximum atomic E-state index is 5.34. The van der Waals surface area contributed by atoms with Crippen molar-refractivity contribution in [3.05, 3.63) is 6.10 Å². The first kappa shape index (κ1) is 10.9. The summed E-state index contributed by atoms with van der Waals surface area (Å²) in [5, 5.41) is 0. The molecule has 1 aliphatic rings. The number of ether oxygens (including phenoxy) is 4. The SMILES string of the molecule is COC(CO[C](C)C)C1OCCO1. The van der Waals surface area contributed by atoms with E-state index >= 15 is 0 Å². The third-order valence-corrected chi connectivity index (χ3v) is 1.79. The van der Waals surface area contributed by atoms with Gasteiger partial charge in [0, 0.05) is 7.11 Å². The zero-order valence-electron chi connectivity index (χ0n) is 8.41. The van der Waals surface area contributed by atoms with Crippen LogP contribution < -0.4 is 0 Å². The predicted octanol–water partition coefficient (Wildman–Crippen LogP) is 0.963. The fourth-order valence-electron chi connectivity index (χ4n) is 1.10. The lowest BCUT2D eigenvalue weighted by molar-refractivity contribution is -0.151. The van der Waals surface area contributed by atoms with Gasteiger partial charge in [-0.1, -0.05) is 0 Å². The summed E-state index contributed by atoms with van der Waals surface area (Å²) in [7, 11) is 1.63. The van der Waals surface area contributed by atoms with Crippen molar-refractivity contribution >= 4 is 0 Å². The van der Waals surface area contributed by atoms with Gasteiger partial charge in [-0.2, -0.15) is 0 Å². The third kappa shape index (κ3) is 3.60. The molecule has 13 heavy (non-hydrogen) atoms. The summed E-state index contributed by atoms with van der Waals surface area (Å²) < 4.78 is 21.1. The first-order valence-electron chi connectivity index (χ1n) is 4.43. The summed E-state index contributed by atoms with van der Waals surface area (Å²) >= 11 is 0. The van der Waals surface area contributed by atoms with E-state index in [1.54, 1.807) is 7.11 Å². The van der Waals surface area contributed by atoms with E-state index in [9.17, 15) is 0 Å². The monoisotopic (exact) mass is 189 g/mol. The molecule has 0 N–H and O–H groups in total. The topological polar surface area (TPSA) is 36.9 Å². The smallest absolute Gasteiger partial charge is 0.186 e. The summed E-state index contributed by atoms with van der Waals surface area (Å²) in [4.78, 5) is 0. The number of hydrogen-bond donors (Lipinski definition) is 0. The molecule has 4 nitrogen and oxygen atoms in total. The standard InChI is InChI=1S/C9H17O4/c1-7(2)13-6-8(10-3)9-11-4-5-12-9/h8-9H,4-6H2,1-3H3. The Labute approximate surface area is 79.1 Å². The van der Waals surface area contributed by atoms with Crippen molar-refractivity contribution in [3.63, 3.8) is 0 Å². The Bertz CT molecular complexity index is 132. The van der Waals surface area contributed by atoms with Crippen LogP contribution in [0.1, 0.15) is 13.8 Å². The second-order valence-electron chi connectivity index (χ2n) is 3.10. The molecule has 0 aromatic heterocycles. The molecule has 1 heterocycles. The van der Waals surface area contributed by atoms with Gasteiger partial charge in [-0.25, -0.2) is 0 Å². The van der Waals surface area contributed by atoms with Crippen molar-refractivity contribution in [2.45, 2.75) is 26.2 Å². The van der Waals surface area contributed by atoms with Crippen LogP contribution in [0.3, 0.4) is 0 Å². The third-order valence-electron chi connectivity index (χ3n) is 1.79. The van der Waals surface area contributed by atoms with Gasteiger partial charge in [-0.15, -0.1) is 0 Å². The van der Waals surface area contributed by atoms with E-state index < -0.39 is 0 Å². The molecule has 77 valence electrons. The fourth-order valence-corrected chi connectivity index (χ4v) is 1.10. The van der Waals surface area contributed by atoms with Crippen LogP contribution in [0.5, 0.6) is 0 Å². The number of methoxy groups -OCH3 is 1. The molecule has 1 aliphatic heterocycles. The Hall–Kier alpha value is -0.160. The van der Waals surface area contributed by atoms with E-state index in [0.717, 1.165) is 6.10 Å². The lowest BCUT2D eigenvalue weighted by atomic mass is 10.3. The molecule has 4 heteroatoms. The van der Waals surface area contributed by atoms with Crippen LogP contribution in [0.4, 0.5) is 0 Å². The van der Waals surface area contributed by atoms with Crippen molar-refractivity contribution < 1.29 is 18.9 Å². The highest BCUT2D eigenvalue weighted by atomic mass is 16.7. The van der Waals surface area contributed by atoms with E-state index in [0.29, 0.717) is 19.8 Å². The largest absolute Gasteiger partial charge is 0.374 e. The molecule has 0 aliphatic carbocycles. The van der Waals surface area contributed by atoms with Crippen LogP contribution in [0.15, 0.2) is 0 Å². The van der Waals surface area contributed by atoms with Gasteiger partial charge in [-0.3, -0.25) is 0 Å². The summed E-state index contributed by atoms with van der Waals surface area (Å²) in [6.45, 7) is 5.56. The van der Waals surface area contributed by atoms with Gasteiger partial charge >= 0.3 is 0 Å². The maximum absolute atomic E-state index is 5.34. The summed E-state index contributed by atoms with van der Waals surface area (Å²) in [6, 6.07) is 0. The van der Waals surface area contributed by atoms with Crippen LogP contribution in [0.25, 0.3) is 0 Å². The first-order chi connectivity index (χ1) is 6.24. The molecule has 0 saturated carbocycles. The molecule has 0 spiro atoms. The maximum Gasteiger partial charge on any atom is 0.186 e. The molecular formula is C9H17O4. The first-order valence-corrected chi connectivity index (χ1v) is 4.43. The Balaban J connectivity index is 2.24. The van der Waals surface area contributed by atoms with E-state index in [1.807, 2.05) is 13.8 Å². The predicted molar refractivity (Wildman–Crippen MR) is 47.0 cm³/mol. The number of rotatable bonds is 5. The van der Waals surface area contributed by atoms with Crippen LogP contribution in [0, 0.1) is 6.10 Å². The van der Waals surface area contributed by atoms with Crippen LogP contribution in [0.2, 0.25) is 0 Å². The van der Waals surface area contributed by atoms with Gasteiger partial charge in [0.15, 0.2) is 6.29 Å². The molecule has 1 unspecified atom stereocenters. The summed E-state index contributed by atoms with van der Waals surface area (Å²) in [5.74, 6) is 0.